The summed E-state index contributed by atoms with van der Waals surface area (Å²) in [5, 5.41) is 6.44. The molecule has 27 heavy (non-hydrogen) atoms. The fourth-order valence-corrected chi connectivity index (χ4v) is 3.40. The summed E-state index contributed by atoms with van der Waals surface area (Å²) in [6.45, 7) is 2.09. The molecular weight excluding hydrogens is 351 g/mol. The van der Waals surface area contributed by atoms with Crippen LogP contribution < -0.4 is 15.5 Å². The van der Waals surface area contributed by atoms with Crippen LogP contribution in [-0.2, 0) is 9.59 Å². The van der Waals surface area contributed by atoms with Gasteiger partial charge in [-0.3, -0.25) is 19.5 Å². The zero-order chi connectivity index (χ0) is 19.2. The minimum absolute atomic E-state index is 0.107. The third kappa shape index (κ3) is 4.72. The number of carbonyl (C=O) groups excluding carboxylic acids is 2. The van der Waals surface area contributed by atoms with E-state index in [1.54, 1.807) is 19.3 Å². The SMILES string of the molecule is CN=C(NCCN1C(=O)CCCC1=O)NC1CCN(c2ncccc2F)C1. The van der Waals surface area contributed by atoms with Crippen LogP contribution in [0, 0.1) is 5.82 Å². The van der Waals surface area contributed by atoms with Gasteiger partial charge in [-0.25, -0.2) is 9.37 Å². The molecule has 0 bridgehead atoms. The standard InChI is InChI=1S/C18H25FN6O2/c1-20-18(22-9-11-25-15(26)5-2-6-16(25)27)23-13-7-10-24(12-13)17-14(19)4-3-8-21-17/h3-4,8,13H,2,5-7,9-12H2,1H3,(H2,20,22,23). The molecule has 0 aromatic carbocycles. The van der Waals surface area contributed by atoms with Crippen molar-refractivity contribution in [3.63, 3.8) is 0 Å². The van der Waals surface area contributed by atoms with Crippen molar-refractivity contribution in [3.8, 4) is 0 Å². The Bertz CT molecular complexity index is 710. The van der Waals surface area contributed by atoms with E-state index in [-0.39, 0.29) is 23.7 Å². The van der Waals surface area contributed by atoms with Gasteiger partial charge in [-0.05, 0) is 25.0 Å². The van der Waals surface area contributed by atoms with Crippen LogP contribution in [0.4, 0.5) is 10.2 Å². The third-order valence-corrected chi connectivity index (χ3v) is 4.80. The van der Waals surface area contributed by atoms with Gasteiger partial charge >= 0.3 is 0 Å². The molecule has 1 aromatic heterocycles. The first-order valence-electron chi connectivity index (χ1n) is 9.24. The Morgan fingerprint density at radius 3 is 2.85 bits per heavy atom. The van der Waals surface area contributed by atoms with Gasteiger partial charge in [-0.2, -0.15) is 0 Å². The van der Waals surface area contributed by atoms with E-state index in [2.05, 4.69) is 20.6 Å². The van der Waals surface area contributed by atoms with Crippen LogP contribution in [0.2, 0.25) is 0 Å². The number of carbonyl (C=O) groups is 2. The first-order chi connectivity index (χ1) is 13.1. The Labute approximate surface area is 157 Å². The van der Waals surface area contributed by atoms with Gasteiger partial charge in [0.15, 0.2) is 17.6 Å². The Morgan fingerprint density at radius 2 is 2.15 bits per heavy atom. The van der Waals surface area contributed by atoms with Crippen LogP contribution in [-0.4, -0.2) is 66.9 Å². The van der Waals surface area contributed by atoms with Crippen molar-refractivity contribution in [1.29, 1.82) is 0 Å². The van der Waals surface area contributed by atoms with Crippen molar-refractivity contribution >= 4 is 23.6 Å². The monoisotopic (exact) mass is 376 g/mol. The molecule has 0 radical (unpaired) electrons. The predicted molar refractivity (Wildman–Crippen MR) is 99.9 cm³/mol. The van der Waals surface area contributed by atoms with Crippen LogP contribution in [0.3, 0.4) is 0 Å². The Kier molecular flexibility index (Phi) is 6.20. The highest BCUT2D eigenvalue weighted by Gasteiger charge is 2.27. The maximum atomic E-state index is 13.9. The number of aliphatic imine (C=N–C) groups is 1. The second kappa shape index (κ2) is 8.79. The molecule has 1 atom stereocenters. The van der Waals surface area contributed by atoms with Gasteiger partial charge in [0.2, 0.25) is 11.8 Å². The minimum Gasteiger partial charge on any atom is -0.355 e. The molecule has 3 heterocycles. The number of guanidine groups is 1. The number of imide groups is 1. The average molecular weight is 376 g/mol. The molecule has 2 N–H and O–H groups in total. The number of nitrogens with one attached hydrogen (secondary N) is 2. The number of anilines is 1. The lowest BCUT2D eigenvalue weighted by molar-refractivity contribution is -0.147. The number of piperidine rings is 1. The summed E-state index contributed by atoms with van der Waals surface area (Å²) in [5.74, 6) is 0.420. The van der Waals surface area contributed by atoms with E-state index in [1.807, 2.05) is 4.90 Å². The van der Waals surface area contributed by atoms with Gasteiger partial charge in [0.05, 0.1) is 0 Å². The lowest BCUT2D eigenvalue weighted by Gasteiger charge is -2.25. The number of aromatic nitrogens is 1. The van der Waals surface area contributed by atoms with E-state index < -0.39 is 0 Å². The van der Waals surface area contributed by atoms with Crippen molar-refractivity contribution in [3.05, 3.63) is 24.1 Å². The summed E-state index contributed by atoms with van der Waals surface area (Å²) in [6, 6.07) is 3.09. The maximum absolute atomic E-state index is 13.9. The molecule has 0 aliphatic carbocycles. The van der Waals surface area contributed by atoms with Gasteiger partial charge in [-0.15, -0.1) is 0 Å². The number of pyridine rings is 1. The van der Waals surface area contributed by atoms with E-state index in [1.165, 1.54) is 11.0 Å². The van der Waals surface area contributed by atoms with E-state index in [4.69, 9.17) is 0 Å². The lowest BCUT2D eigenvalue weighted by atomic mass is 10.1. The fourth-order valence-electron chi connectivity index (χ4n) is 3.40. The normalized spacial score (nSPS) is 21.0. The number of rotatable bonds is 5. The van der Waals surface area contributed by atoms with Crippen molar-refractivity contribution < 1.29 is 14.0 Å². The van der Waals surface area contributed by atoms with Gasteiger partial charge in [0.25, 0.3) is 0 Å². The molecule has 9 heteroatoms. The smallest absolute Gasteiger partial charge is 0.229 e. The number of hydrogen-bond acceptors (Lipinski definition) is 5. The Morgan fingerprint density at radius 1 is 1.37 bits per heavy atom. The van der Waals surface area contributed by atoms with Crippen LogP contribution >= 0.6 is 0 Å². The molecule has 1 aromatic rings. The van der Waals surface area contributed by atoms with Crippen molar-refractivity contribution in [2.45, 2.75) is 31.7 Å². The molecule has 3 rings (SSSR count). The summed E-state index contributed by atoms with van der Waals surface area (Å²) in [6.07, 6.45) is 3.92. The highest BCUT2D eigenvalue weighted by atomic mass is 19.1. The molecular formula is C18H25FN6O2. The average Bonchev–Trinajstić information content (AvgIpc) is 3.12. The van der Waals surface area contributed by atoms with Crippen molar-refractivity contribution in [2.24, 2.45) is 4.99 Å². The lowest BCUT2D eigenvalue weighted by Crippen LogP contribution is -2.48. The summed E-state index contributed by atoms with van der Waals surface area (Å²) < 4.78 is 13.9. The third-order valence-electron chi connectivity index (χ3n) is 4.80. The number of nitrogens with zero attached hydrogens (tertiary/aromatic N) is 4. The molecule has 2 aliphatic heterocycles. The topological polar surface area (TPSA) is 89.9 Å². The van der Waals surface area contributed by atoms with Crippen LogP contribution in [0.1, 0.15) is 25.7 Å². The zero-order valence-electron chi connectivity index (χ0n) is 15.4. The maximum Gasteiger partial charge on any atom is 0.229 e. The van der Waals surface area contributed by atoms with Crippen molar-refractivity contribution in [2.75, 3.05) is 38.1 Å². The second-order valence-electron chi connectivity index (χ2n) is 6.68. The van der Waals surface area contributed by atoms with Crippen LogP contribution in [0.5, 0.6) is 0 Å². The Balaban J connectivity index is 1.46. The van der Waals surface area contributed by atoms with Crippen LogP contribution in [0.15, 0.2) is 23.3 Å². The molecule has 8 nitrogen and oxygen atoms in total. The number of hydrogen-bond donors (Lipinski definition) is 2. The largest absolute Gasteiger partial charge is 0.355 e. The molecule has 0 spiro atoms. The molecule has 1 unspecified atom stereocenters. The van der Waals surface area contributed by atoms with E-state index in [0.717, 1.165) is 6.42 Å². The van der Waals surface area contributed by atoms with E-state index >= 15 is 0 Å². The first-order valence-corrected chi connectivity index (χ1v) is 9.24. The number of likely N-dealkylation sites (tertiary alicyclic amines) is 1. The fraction of sp³-hybridized carbons (Fsp3) is 0.556. The van der Waals surface area contributed by atoms with E-state index in [0.29, 0.717) is 57.2 Å². The van der Waals surface area contributed by atoms with Gasteiger partial charge in [-0.1, -0.05) is 0 Å². The summed E-state index contributed by atoms with van der Waals surface area (Å²) in [7, 11) is 1.66. The minimum atomic E-state index is -0.323. The predicted octanol–water partition coefficient (Wildman–Crippen LogP) is 0.504. The molecule has 2 aliphatic rings. The molecule has 2 saturated heterocycles. The summed E-state index contributed by atoms with van der Waals surface area (Å²) in [4.78, 5) is 35.2. The first kappa shape index (κ1) is 19.1. The van der Waals surface area contributed by atoms with Crippen molar-refractivity contribution in [1.82, 2.24) is 20.5 Å². The summed E-state index contributed by atoms with van der Waals surface area (Å²) >= 11 is 0. The van der Waals surface area contributed by atoms with Gasteiger partial charge in [0.1, 0.15) is 0 Å². The molecule has 2 amide bonds. The summed E-state index contributed by atoms with van der Waals surface area (Å²) in [5.41, 5.74) is 0. The van der Waals surface area contributed by atoms with Gasteiger partial charge < -0.3 is 15.5 Å². The highest BCUT2D eigenvalue weighted by Crippen LogP contribution is 2.20. The number of amides is 2. The molecule has 2 fully saturated rings. The van der Waals surface area contributed by atoms with Gasteiger partial charge in [0, 0.05) is 58.3 Å². The van der Waals surface area contributed by atoms with E-state index in [9.17, 15) is 14.0 Å². The second-order valence-corrected chi connectivity index (χ2v) is 6.68. The zero-order valence-corrected chi connectivity index (χ0v) is 15.4. The molecule has 146 valence electrons. The number of halogens is 1. The van der Waals surface area contributed by atoms with Crippen LogP contribution in [0.25, 0.3) is 0 Å². The quantitative estimate of drug-likeness (QED) is 0.442. The highest BCUT2D eigenvalue weighted by molar-refractivity contribution is 5.97. The Hall–Kier alpha value is -2.71. The molecule has 0 saturated carbocycles.